The van der Waals surface area contributed by atoms with E-state index in [0.717, 1.165) is 0 Å². The molecular weight excluding hydrogens is 468 g/mol. The summed E-state index contributed by atoms with van der Waals surface area (Å²) in [6.45, 7) is 4.67. The topological polar surface area (TPSA) is 0 Å². The van der Waals surface area contributed by atoms with Gasteiger partial charge in [0.25, 0.3) is 0 Å². The van der Waals surface area contributed by atoms with Crippen molar-refractivity contribution in [3.63, 3.8) is 0 Å². The second kappa shape index (κ2) is 8.16. The molecule has 0 unspecified atom stereocenters. The van der Waals surface area contributed by atoms with E-state index in [2.05, 4.69) is 147 Å². The molecule has 0 amide bonds. The zero-order valence-corrected chi connectivity index (χ0v) is 22.2. The Morgan fingerprint density at radius 2 is 1.00 bits per heavy atom. The highest BCUT2D eigenvalue weighted by Crippen LogP contribution is 2.49. The third kappa shape index (κ3) is 3.25. The lowest BCUT2D eigenvalue weighted by molar-refractivity contribution is 0.660. The van der Waals surface area contributed by atoms with Crippen LogP contribution in [-0.2, 0) is 5.41 Å². The molecule has 0 heteroatoms. The Balaban J connectivity index is 1.27. The van der Waals surface area contributed by atoms with Gasteiger partial charge in [0.2, 0.25) is 0 Å². The average Bonchev–Trinajstić information content (AvgIpc) is 3.22. The highest BCUT2D eigenvalue weighted by atomic mass is 14.4. The molecule has 8 rings (SSSR count). The van der Waals surface area contributed by atoms with Crippen LogP contribution in [0.2, 0.25) is 0 Å². The van der Waals surface area contributed by atoms with Crippen LogP contribution in [0.5, 0.6) is 0 Å². The van der Waals surface area contributed by atoms with Crippen molar-refractivity contribution in [1.29, 1.82) is 0 Å². The Hall–Kier alpha value is -4.68. The first kappa shape index (κ1) is 22.3. The molecule has 0 bridgehead atoms. The summed E-state index contributed by atoms with van der Waals surface area (Å²) in [5, 5.41) is 7.82. The van der Waals surface area contributed by atoms with Crippen LogP contribution >= 0.6 is 0 Å². The van der Waals surface area contributed by atoms with Crippen LogP contribution in [0.25, 0.3) is 65.7 Å². The number of benzene rings is 7. The van der Waals surface area contributed by atoms with Gasteiger partial charge in [-0.15, -0.1) is 0 Å². The maximum atomic E-state index is 2.38. The third-order valence-electron chi connectivity index (χ3n) is 8.86. The molecule has 0 N–H and O–H groups in total. The highest BCUT2D eigenvalue weighted by molar-refractivity contribution is 6.24. The van der Waals surface area contributed by atoms with E-state index in [0.29, 0.717) is 0 Å². The maximum Gasteiger partial charge on any atom is 0.0158 e. The van der Waals surface area contributed by atoms with Crippen molar-refractivity contribution < 1.29 is 0 Å². The van der Waals surface area contributed by atoms with Gasteiger partial charge in [0.1, 0.15) is 0 Å². The van der Waals surface area contributed by atoms with E-state index in [9.17, 15) is 0 Å². The summed E-state index contributed by atoms with van der Waals surface area (Å²) in [5.41, 5.74) is 10.7. The van der Waals surface area contributed by atoms with E-state index >= 15 is 0 Å². The van der Waals surface area contributed by atoms with Crippen LogP contribution in [-0.4, -0.2) is 0 Å². The van der Waals surface area contributed by atoms with E-state index in [1.54, 1.807) is 0 Å². The van der Waals surface area contributed by atoms with E-state index < -0.39 is 0 Å². The van der Waals surface area contributed by atoms with E-state index in [-0.39, 0.29) is 5.41 Å². The maximum absolute atomic E-state index is 2.38. The first-order chi connectivity index (χ1) is 19.1. The lowest BCUT2D eigenvalue weighted by atomic mass is 9.82. The number of hydrogen-bond donors (Lipinski definition) is 0. The number of fused-ring (bicyclic) bond motifs is 8. The molecule has 0 spiro atoms. The minimum Gasteiger partial charge on any atom is -0.0619 e. The fourth-order valence-corrected chi connectivity index (χ4v) is 6.85. The van der Waals surface area contributed by atoms with Gasteiger partial charge in [0.15, 0.2) is 0 Å². The summed E-state index contributed by atoms with van der Waals surface area (Å²) in [5.74, 6) is 0. The molecule has 0 saturated carbocycles. The minimum atomic E-state index is 0.0373. The van der Waals surface area contributed by atoms with E-state index in [4.69, 9.17) is 0 Å². The van der Waals surface area contributed by atoms with Crippen LogP contribution in [0.3, 0.4) is 0 Å². The second-order valence-electron chi connectivity index (χ2n) is 11.4. The molecule has 0 saturated heterocycles. The van der Waals surface area contributed by atoms with Crippen molar-refractivity contribution in [2.24, 2.45) is 0 Å². The van der Waals surface area contributed by atoms with Crippen LogP contribution in [0.1, 0.15) is 25.0 Å². The zero-order valence-electron chi connectivity index (χ0n) is 22.2. The van der Waals surface area contributed by atoms with Gasteiger partial charge in [0.05, 0.1) is 0 Å². The Morgan fingerprint density at radius 3 is 1.82 bits per heavy atom. The molecule has 7 aromatic carbocycles. The average molecular weight is 497 g/mol. The summed E-state index contributed by atoms with van der Waals surface area (Å²) in [6, 6.07) is 49.4. The summed E-state index contributed by atoms with van der Waals surface area (Å²) in [6.07, 6.45) is 0. The molecule has 7 aromatic rings. The molecule has 0 aliphatic heterocycles. The number of hydrogen-bond acceptors (Lipinski definition) is 0. The first-order valence-electron chi connectivity index (χ1n) is 13.8. The van der Waals surface area contributed by atoms with Gasteiger partial charge in [-0.3, -0.25) is 0 Å². The molecule has 0 radical (unpaired) electrons. The van der Waals surface area contributed by atoms with Crippen LogP contribution in [0.4, 0.5) is 0 Å². The van der Waals surface area contributed by atoms with E-state index in [1.165, 1.54) is 76.8 Å². The van der Waals surface area contributed by atoms with E-state index in [1.807, 2.05) is 0 Å². The molecule has 0 nitrogen and oxygen atoms in total. The van der Waals surface area contributed by atoms with Gasteiger partial charge in [-0.1, -0.05) is 135 Å². The van der Waals surface area contributed by atoms with Crippen molar-refractivity contribution in [1.82, 2.24) is 0 Å². The fraction of sp³-hybridized carbons (Fsp3) is 0.0769. The first-order valence-corrected chi connectivity index (χ1v) is 13.8. The summed E-state index contributed by atoms with van der Waals surface area (Å²) in [4.78, 5) is 0. The Kier molecular flexibility index (Phi) is 4.67. The quantitative estimate of drug-likeness (QED) is 0.209. The van der Waals surface area contributed by atoms with Gasteiger partial charge < -0.3 is 0 Å². The predicted octanol–water partition coefficient (Wildman–Crippen LogP) is 10.8. The lowest BCUT2D eigenvalue weighted by Gasteiger charge is -2.21. The smallest absolute Gasteiger partial charge is 0.0158 e. The van der Waals surface area contributed by atoms with Gasteiger partial charge in [0, 0.05) is 5.41 Å². The molecular formula is C39H28. The SMILES string of the molecule is CC1(C)c2ccccc2-c2cc(-c3ccc(-c4cc5ccccc5c5c4ccc4ccccc45)cc3)ccc21. The number of rotatable bonds is 2. The van der Waals surface area contributed by atoms with Crippen molar-refractivity contribution in [2.45, 2.75) is 19.3 Å². The normalized spacial score (nSPS) is 13.6. The van der Waals surface area contributed by atoms with Crippen molar-refractivity contribution in [3.05, 3.63) is 145 Å². The van der Waals surface area contributed by atoms with Gasteiger partial charge in [-0.25, -0.2) is 0 Å². The van der Waals surface area contributed by atoms with Crippen molar-refractivity contribution in [3.8, 4) is 33.4 Å². The molecule has 1 aliphatic carbocycles. The van der Waals surface area contributed by atoms with Crippen LogP contribution in [0, 0.1) is 0 Å². The van der Waals surface area contributed by atoms with Gasteiger partial charge in [-0.05, 0) is 89.0 Å². The van der Waals surface area contributed by atoms with Gasteiger partial charge >= 0.3 is 0 Å². The van der Waals surface area contributed by atoms with Crippen LogP contribution in [0.15, 0.2) is 133 Å². The zero-order chi connectivity index (χ0) is 26.1. The van der Waals surface area contributed by atoms with Gasteiger partial charge in [-0.2, -0.15) is 0 Å². The van der Waals surface area contributed by atoms with Crippen LogP contribution < -0.4 is 0 Å². The lowest BCUT2D eigenvalue weighted by Crippen LogP contribution is -2.14. The molecule has 39 heavy (non-hydrogen) atoms. The highest BCUT2D eigenvalue weighted by Gasteiger charge is 2.35. The predicted molar refractivity (Wildman–Crippen MR) is 167 cm³/mol. The molecule has 0 atom stereocenters. The summed E-state index contributed by atoms with van der Waals surface area (Å²) >= 11 is 0. The Bertz CT molecular complexity index is 2060. The Labute approximate surface area is 229 Å². The molecule has 184 valence electrons. The Morgan fingerprint density at radius 1 is 0.385 bits per heavy atom. The largest absolute Gasteiger partial charge is 0.0619 e. The second-order valence-corrected chi connectivity index (χ2v) is 11.4. The molecule has 0 heterocycles. The van der Waals surface area contributed by atoms with Crippen molar-refractivity contribution in [2.75, 3.05) is 0 Å². The third-order valence-corrected chi connectivity index (χ3v) is 8.86. The fourth-order valence-electron chi connectivity index (χ4n) is 6.85. The monoisotopic (exact) mass is 496 g/mol. The minimum absolute atomic E-state index is 0.0373. The molecule has 0 aromatic heterocycles. The summed E-state index contributed by atoms with van der Waals surface area (Å²) < 4.78 is 0. The summed E-state index contributed by atoms with van der Waals surface area (Å²) in [7, 11) is 0. The standard InChI is InChI=1S/C39H28/c1-39(2)36-14-8-7-13-32(36)35-23-28(20-22-37(35)39)25-15-17-27(18-16-25)34-24-29-10-4-6-12-31(29)38-30-11-5-3-9-26(30)19-21-33(34)38/h3-24H,1-2H3. The molecule has 0 fully saturated rings. The van der Waals surface area contributed by atoms with Crippen molar-refractivity contribution >= 4 is 32.3 Å². The molecule has 1 aliphatic rings.